The summed E-state index contributed by atoms with van der Waals surface area (Å²) >= 11 is 2.85. The standard InChI is InChI=1S/C13H18N4O2S2/c1-3-4-5-14-11(18)8-21-13-17-16-12(19-13)6-10-7-20-9(2)15-10/h7H,3-6,8H2,1-2H3,(H,14,18). The fourth-order valence-corrected chi connectivity index (χ4v) is 2.82. The van der Waals surface area contributed by atoms with Gasteiger partial charge in [0.15, 0.2) is 0 Å². The van der Waals surface area contributed by atoms with Crippen molar-refractivity contribution < 1.29 is 9.21 Å². The molecule has 0 aliphatic carbocycles. The van der Waals surface area contributed by atoms with Gasteiger partial charge in [-0.3, -0.25) is 4.79 Å². The Morgan fingerprint density at radius 1 is 1.48 bits per heavy atom. The molecule has 2 aromatic rings. The molecule has 114 valence electrons. The Hall–Kier alpha value is -1.41. The topological polar surface area (TPSA) is 80.9 Å². The number of carbonyl (C=O) groups excluding carboxylic acids is 1. The first-order valence-corrected chi connectivity index (χ1v) is 8.66. The summed E-state index contributed by atoms with van der Waals surface area (Å²) in [5.41, 5.74) is 0.926. The number of unbranched alkanes of at least 4 members (excludes halogenated alkanes) is 1. The second kappa shape index (κ2) is 8.14. The number of nitrogens with zero attached hydrogens (tertiary/aromatic N) is 3. The predicted molar refractivity (Wildman–Crippen MR) is 82.6 cm³/mol. The van der Waals surface area contributed by atoms with Crippen LogP contribution in [0.4, 0.5) is 0 Å². The van der Waals surface area contributed by atoms with Gasteiger partial charge in [-0.2, -0.15) is 0 Å². The first kappa shape index (κ1) is 16.0. The van der Waals surface area contributed by atoms with E-state index in [0.29, 0.717) is 29.8 Å². The van der Waals surface area contributed by atoms with E-state index >= 15 is 0 Å². The van der Waals surface area contributed by atoms with Gasteiger partial charge in [0.1, 0.15) is 0 Å². The molecule has 0 radical (unpaired) electrons. The van der Waals surface area contributed by atoms with Crippen LogP contribution in [0.3, 0.4) is 0 Å². The molecule has 0 saturated heterocycles. The second-order valence-corrected chi connectivity index (χ2v) is 6.48. The number of thiazole rings is 1. The van der Waals surface area contributed by atoms with Crippen LogP contribution in [0.15, 0.2) is 15.0 Å². The highest BCUT2D eigenvalue weighted by atomic mass is 32.2. The number of thioether (sulfide) groups is 1. The Kier molecular flexibility index (Phi) is 6.19. The van der Waals surface area contributed by atoms with Crippen LogP contribution >= 0.6 is 23.1 Å². The first-order chi connectivity index (χ1) is 10.2. The number of amides is 1. The molecule has 2 aromatic heterocycles. The highest BCUT2D eigenvalue weighted by Gasteiger charge is 2.11. The van der Waals surface area contributed by atoms with E-state index < -0.39 is 0 Å². The molecule has 0 spiro atoms. The van der Waals surface area contributed by atoms with Crippen molar-refractivity contribution in [2.24, 2.45) is 0 Å². The van der Waals surface area contributed by atoms with E-state index in [1.54, 1.807) is 11.3 Å². The van der Waals surface area contributed by atoms with Gasteiger partial charge < -0.3 is 9.73 Å². The molecule has 2 rings (SSSR count). The zero-order chi connectivity index (χ0) is 15.1. The van der Waals surface area contributed by atoms with Crippen LogP contribution in [-0.2, 0) is 11.2 Å². The van der Waals surface area contributed by atoms with Gasteiger partial charge in [0, 0.05) is 11.9 Å². The molecule has 0 atom stereocenters. The van der Waals surface area contributed by atoms with Gasteiger partial charge in [-0.15, -0.1) is 21.5 Å². The van der Waals surface area contributed by atoms with Crippen LogP contribution in [0.25, 0.3) is 0 Å². The summed E-state index contributed by atoms with van der Waals surface area (Å²) < 4.78 is 5.50. The molecule has 0 unspecified atom stereocenters. The molecule has 0 fully saturated rings. The van der Waals surface area contributed by atoms with Crippen molar-refractivity contribution in [1.29, 1.82) is 0 Å². The van der Waals surface area contributed by atoms with Crippen molar-refractivity contribution in [3.05, 3.63) is 22.0 Å². The van der Waals surface area contributed by atoms with Crippen LogP contribution in [0, 0.1) is 6.92 Å². The predicted octanol–water partition coefficient (Wildman–Crippen LogP) is 2.43. The SMILES string of the molecule is CCCCNC(=O)CSc1nnc(Cc2csc(C)n2)o1. The third-order valence-corrected chi connectivity index (χ3v) is 4.27. The summed E-state index contributed by atoms with van der Waals surface area (Å²) in [5, 5.41) is 14.2. The minimum atomic E-state index is -0.0108. The Morgan fingerprint density at radius 3 is 3.05 bits per heavy atom. The van der Waals surface area contributed by atoms with Crippen LogP contribution < -0.4 is 5.32 Å². The summed E-state index contributed by atoms with van der Waals surface area (Å²) in [7, 11) is 0. The van der Waals surface area contributed by atoms with E-state index in [2.05, 4.69) is 27.4 Å². The minimum Gasteiger partial charge on any atom is -0.416 e. The molecular weight excluding hydrogens is 308 g/mol. The summed E-state index contributed by atoms with van der Waals surface area (Å²) in [6, 6.07) is 0. The highest BCUT2D eigenvalue weighted by Crippen LogP contribution is 2.18. The van der Waals surface area contributed by atoms with E-state index in [9.17, 15) is 4.79 Å². The van der Waals surface area contributed by atoms with Gasteiger partial charge in [-0.05, 0) is 13.3 Å². The maximum atomic E-state index is 11.6. The Bertz CT molecular complexity index is 582. The number of aryl methyl sites for hydroxylation is 1. The number of hydrogen-bond donors (Lipinski definition) is 1. The van der Waals surface area contributed by atoms with Gasteiger partial charge in [0.25, 0.3) is 5.22 Å². The Balaban J connectivity index is 1.76. The Morgan fingerprint density at radius 2 is 2.33 bits per heavy atom. The lowest BCUT2D eigenvalue weighted by molar-refractivity contribution is -0.118. The van der Waals surface area contributed by atoms with E-state index in [-0.39, 0.29) is 5.91 Å². The number of aromatic nitrogens is 3. The summed E-state index contributed by atoms with van der Waals surface area (Å²) in [6.07, 6.45) is 2.59. The van der Waals surface area contributed by atoms with Crippen molar-refractivity contribution >= 4 is 29.0 Å². The fraction of sp³-hybridized carbons (Fsp3) is 0.538. The molecule has 8 heteroatoms. The average molecular weight is 326 g/mol. The van der Waals surface area contributed by atoms with E-state index in [4.69, 9.17) is 4.42 Å². The van der Waals surface area contributed by atoms with Gasteiger partial charge in [-0.1, -0.05) is 25.1 Å². The van der Waals surface area contributed by atoms with Crippen LogP contribution in [0.5, 0.6) is 0 Å². The van der Waals surface area contributed by atoms with Crippen molar-refractivity contribution in [3.8, 4) is 0 Å². The lowest BCUT2D eigenvalue weighted by atomic mass is 10.3. The normalized spacial score (nSPS) is 10.8. The number of nitrogens with one attached hydrogen (secondary N) is 1. The lowest BCUT2D eigenvalue weighted by Gasteiger charge is -2.01. The van der Waals surface area contributed by atoms with E-state index in [1.807, 2.05) is 12.3 Å². The van der Waals surface area contributed by atoms with Gasteiger partial charge in [0.2, 0.25) is 11.8 Å². The van der Waals surface area contributed by atoms with Crippen molar-refractivity contribution in [1.82, 2.24) is 20.5 Å². The zero-order valence-electron chi connectivity index (χ0n) is 12.1. The van der Waals surface area contributed by atoms with Crippen LogP contribution in [0.2, 0.25) is 0 Å². The van der Waals surface area contributed by atoms with E-state index in [0.717, 1.165) is 23.5 Å². The second-order valence-electron chi connectivity index (χ2n) is 4.49. The average Bonchev–Trinajstić information content (AvgIpc) is 3.07. The molecule has 1 amide bonds. The lowest BCUT2D eigenvalue weighted by Crippen LogP contribution is -2.25. The van der Waals surface area contributed by atoms with Crippen LogP contribution in [0.1, 0.15) is 36.4 Å². The summed E-state index contributed by atoms with van der Waals surface area (Å²) in [5.74, 6) is 0.804. The molecule has 0 aliphatic heterocycles. The molecule has 2 heterocycles. The van der Waals surface area contributed by atoms with Gasteiger partial charge >= 0.3 is 0 Å². The fourth-order valence-electron chi connectivity index (χ4n) is 1.60. The molecule has 21 heavy (non-hydrogen) atoms. The third-order valence-electron chi connectivity index (χ3n) is 2.63. The van der Waals surface area contributed by atoms with Crippen molar-refractivity contribution in [2.75, 3.05) is 12.3 Å². The highest BCUT2D eigenvalue weighted by molar-refractivity contribution is 7.99. The largest absolute Gasteiger partial charge is 0.416 e. The quantitative estimate of drug-likeness (QED) is 0.593. The molecule has 0 aromatic carbocycles. The third kappa shape index (κ3) is 5.47. The number of hydrogen-bond acceptors (Lipinski definition) is 7. The van der Waals surface area contributed by atoms with E-state index in [1.165, 1.54) is 11.8 Å². The maximum absolute atomic E-state index is 11.6. The molecule has 1 N–H and O–H groups in total. The molecular formula is C13H18N4O2S2. The zero-order valence-corrected chi connectivity index (χ0v) is 13.7. The molecule has 6 nitrogen and oxygen atoms in total. The smallest absolute Gasteiger partial charge is 0.277 e. The van der Waals surface area contributed by atoms with Crippen molar-refractivity contribution in [3.63, 3.8) is 0 Å². The molecule has 0 aliphatic rings. The molecule has 0 bridgehead atoms. The summed E-state index contributed by atoms with van der Waals surface area (Å²) in [4.78, 5) is 15.9. The van der Waals surface area contributed by atoms with Crippen molar-refractivity contribution in [2.45, 2.75) is 38.3 Å². The van der Waals surface area contributed by atoms with Crippen LogP contribution in [-0.4, -0.2) is 33.4 Å². The molecule has 0 saturated carbocycles. The monoisotopic (exact) mass is 326 g/mol. The summed E-state index contributed by atoms with van der Waals surface area (Å²) in [6.45, 7) is 4.76. The number of carbonyl (C=O) groups is 1. The minimum absolute atomic E-state index is 0.0108. The maximum Gasteiger partial charge on any atom is 0.277 e. The Labute approximate surface area is 131 Å². The van der Waals surface area contributed by atoms with Gasteiger partial charge in [0.05, 0.1) is 22.9 Å². The first-order valence-electron chi connectivity index (χ1n) is 6.80. The number of rotatable bonds is 8. The van der Waals surface area contributed by atoms with Gasteiger partial charge in [-0.25, -0.2) is 4.98 Å².